The largest absolute Gasteiger partial charge is 0.394 e. The summed E-state index contributed by atoms with van der Waals surface area (Å²) in [7, 11) is 0. The van der Waals surface area contributed by atoms with Crippen molar-refractivity contribution in [2.75, 3.05) is 5.73 Å². The Balaban J connectivity index is 3.44. The Morgan fingerprint density at radius 3 is 2.42 bits per heavy atom. The van der Waals surface area contributed by atoms with Gasteiger partial charge in [-0.15, -0.1) is 0 Å². The molecule has 1 heterocycles. The molecule has 0 aliphatic heterocycles. The van der Waals surface area contributed by atoms with E-state index in [-0.39, 0.29) is 11.6 Å². The van der Waals surface area contributed by atoms with Crippen LogP contribution in [0.4, 0.5) is 5.69 Å². The summed E-state index contributed by atoms with van der Waals surface area (Å²) in [5.74, 6) is 0. The zero-order chi connectivity index (χ0) is 9.30. The molecule has 0 fully saturated rings. The highest BCUT2D eigenvalue weighted by molar-refractivity contribution is 5.35. The van der Waals surface area contributed by atoms with Crippen LogP contribution in [0.25, 0.3) is 0 Å². The predicted molar refractivity (Wildman–Crippen MR) is 50.2 cm³/mol. The van der Waals surface area contributed by atoms with Crippen molar-refractivity contribution in [2.45, 2.75) is 26.8 Å². The third-order valence-electron chi connectivity index (χ3n) is 1.87. The molecule has 0 spiro atoms. The van der Waals surface area contributed by atoms with Crippen molar-refractivity contribution in [3.05, 3.63) is 28.2 Å². The predicted octanol–water partition coefficient (Wildman–Crippen LogP) is 1.32. The molecule has 1 aromatic rings. The number of rotatable bonds is 1. The normalized spacial score (nSPS) is 10.7. The molecule has 0 saturated carbocycles. The number of nitrogens with two attached hydrogens (primary N) is 1. The molecule has 0 aliphatic carbocycles. The maximum absolute atomic E-state index is 11.5. The molecule has 66 valence electrons. The summed E-state index contributed by atoms with van der Waals surface area (Å²) in [5, 5.41) is 0. The van der Waals surface area contributed by atoms with E-state index in [2.05, 4.69) is 0 Å². The van der Waals surface area contributed by atoms with E-state index in [4.69, 9.17) is 5.73 Å². The van der Waals surface area contributed by atoms with E-state index in [0.717, 1.165) is 5.69 Å². The lowest BCUT2D eigenvalue weighted by Crippen LogP contribution is -2.25. The fourth-order valence-corrected chi connectivity index (χ4v) is 1.30. The van der Waals surface area contributed by atoms with Crippen molar-refractivity contribution >= 4 is 5.69 Å². The molecule has 3 nitrogen and oxygen atoms in total. The lowest BCUT2D eigenvalue weighted by atomic mass is 10.3. The fourth-order valence-electron chi connectivity index (χ4n) is 1.30. The lowest BCUT2D eigenvalue weighted by Gasteiger charge is -2.13. The molecule has 0 bridgehead atoms. The summed E-state index contributed by atoms with van der Waals surface area (Å²) in [6.07, 6.45) is 0. The number of nitrogen functional groups attached to an aromatic ring is 1. The maximum atomic E-state index is 11.5. The van der Waals surface area contributed by atoms with E-state index in [0.29, 0.717) is 5.69 Å². The molecule has 0 atom stereocenters. The average molecular weight is 166 g/mol. The van der Waals surface area contributed by atoms with Gasteiger partial charge in [-0.2, -0.15) is 0 Å². The minimum Gasteiger partial charge on any atom is -0.394 e. The molecular formula is C9H14N2O. The molecule has 0 aromatic carbocycles. The van der Waals surface area contributed by atoms with Gasteiger partial charge in [0.05, 0.1) is 5.69 Å². The Kier molecular flexibility index (Phi) is 2.22. The van der Waals surface area contributed by atoms with E-state index in [9.17, 15) is 4.79 Å². The highest BCUT2D eigenvalue weighted by atomic mass is 16.1. The zero-order valence-corrected chi connectivity index (χ0v) is 7.66. The van der Waals surface area contributed by atoms with Crippen LogP contribution in [0.3, 0.4) is 0 Å². The molecule has 0 radical (unpaired) electrons. The van der Waals surface area contributed by atoms with Crippen LogP contribution < -0.4 is 11.3 Å². The van der Waals surface area contributed by atoms with Crippen LogP contribution in [0.15, 0.2) is 16.9 Å². The smallest absolute Gasteiger partial charge is 0.274 e. The minimum atomic E-state index is -0.0926. The van der Waals surface area contributed by atoms with Crippen LogP contribution in [0, 0.1) is 6.92 Å². The first-order chi connectivity index (χ1) is 5.54. The molecule has 0 amide bonds. The topological polar surface area (TPSA) is 48.0 Å². The first-order valence-electron chi connectivity index (χ1n) is 4.01. The van der Waals surface area contributed by atoms with Crippen molar-refractivity contribution in [3.63, 3.8) is 0 Å². The van der Waals surface area contributed by atoms with E-state index in [1.807, 2.05) is 26.8 Å². The summed E-state index contributed by atoms with van der Waals surface area (Å²) in [6.45, 7) is 5.84. The van der Waals surface area contributed by atoms with Crippen molar-refractivity contribution in [3.8, 4) is 0 Å². The third kappa shape index (κ3) is 1.35. The molecule has 0 unspecified atom stereocenters. The molecule has 0 saturated heterocycles. The van der Waals surface area contributed by atoms with Crippen LogP contribution in [0.5, 0.6) is 0 Å². The summed E-state index contributed by atoms with van der Waals surface area (Å²) in [5.41, 5.74) is 6.66. The first-order valence-corrected chi connectivity index (χ1v) is 4.01. The summed E-state index contributed by atoms with van der Waals surface area (Å²) < 4.78 is 1.69. The van der Waals surface area contributed by atoms with Gasteiger partial charge < -0.3 is 10.3 Å². The van der Waals surface area contributed by atoms with Crippen LogP contribution >= 0.6 is 0 Å². The fraction of sp³-hybridized carbons (Fsp3) is 0.444. The molecule has 1 aromatic heterocycles. The van der Waals surface area contributed by atoms with E-state index < -0.39 is 0 Å². The van der Waals surface area contributed by atoms with Gasteiger partial charge in [0.2, 0.25) is 0 Å². The van der Waals surface area contributed by atoms with Crippen molar-refractivity contribution in [2.24, 2.45) is 0 Å². The summed E-state index contributed by atoms with van der Waals surface area (Å²) in [6, 6.07) is 3.67. The number of aryl methyl sites for hydroxylation is 1. The van der Waals surface area contributed by atoms with Crippen LogP contribution in [-0.2, 0) is 0 Å². The Labute approximate surface area is 71.8 Å². The van der Waals surface area contributed by atoms with Gasteiger partial charge in [-0.1, -0.05) is 0 Å². The van der Waals surface area contributed by atoms with Gasteiger partial charge in [0.25, 0.3) is 5.56 Å². The number of hydrogen-bond acceptors (Lipinski definition) is 2. The van der Waals surface area contributed by atoms with Gasteiger partial charge in [-0.25, -0.2) is 0 Å². The maximum Gasteiger partial charge on any atom is 0.274 e. The van der Waals surface area contributed by atoms with Crippen LogP contribution in [-0.4, -0.2) is 4.57 Å². The average Bonchev–Trinajstić information content (AvgIpc) is 1.97. The molecular weight excluding hydrogens is 152 g/mol. The number of nitrogens with zero attached hydrogens (tertiary/aromatic N) is 1. The van der Waals surface area contributed by atoms with Gasteiger partial charge in [-0.05, 0) is 32.9 Å². The Morgan fingerprint density at radius 2 is 2.00 bits per heavy atom. The third-order valence-corrected chi connectivity index (χ3v) is 1.87. The monoisotopic (exact) mass is 166 g/mol. The van der Waals surface area contributed by atoms with Gasteiger partial charge in [-0.3, -0.25) is 4.79 Å². The highest BCUT2D eigenvalue weighted by Gasteiger charge is 2.05. The van der Waals surface area contributed by atoms with Crippen LogP contribution in [0.1, 0.15) is 25.6 Å². The SMILES string of the molecule is Cc1ccc(N)c(=O)n1C(C)C. The minimum absolute atomic E-state index is 0.0926. The lowest BCUT2D eigenvalue weighted by molar-refractivity contribution is 0.564. The first kappa shape index (κ1) is 8.84. The second-order valence-electron chi connectivity index (χ2n) is 3.20. The quantitative estimate of drug-likeness (QED) is 0.684. The number of aromatic nitrogens is 1. The van der Waals surface area contributed by atoms with Crippen molar-refractivity contribution in [1.29, 1.82) is 0 Å². The molecule has 0 aliphatic rings. The zero-order valence-electron chi connectivity index (χ0n) is 7.66. The number of hydrogen-bond donors (Lipinski definition) is 1. The Bertz CT molecular complexity index is 339. The summed E-state index contributed by atoms with van der Waals surface area (Å²) >= 11 is 0. The standard InChI is InChI=1S/C9H14N2O/c1-6(2)11-7(3)4-5-8(10)9(11)12/h4-6H,10H2,1-3H3. The molecule has 3 heteroatoms. The Hall–Kier alpha value is -1.25. The highest BCUT2D eigenvalue weighted by Crippen LogP contribution is 2.06. The molecule has 2 N–H and O–H groups in total. The second-order valence-corrected chi connectivity index (χ2v) is 3.20. The van der Waals surface area contributed by atoms with Crippen LogP contribution in [0.2, 0.25) is 0 Å². The van der Waals surface area contributed by atoms with Gasteiger partial charge >= 0.3 is 0 Å². The van der Waals surface area contributed by atoms with Gasteiger partial charge in [0.1, 0.15) is 0 Å². The van der Waals surface area contributed by atoms with E-state index in [1.54, 1.807) is 10.6 Å². The Morgan fingerprint density at radius 1 is 1.42 bits per heavy atom. The van der Waals surface area contributed by atoms with Gasteiger partial charge in [0.15, 0.2) is 0 Å². The molecule has 1 rings (SSSR count). The summed E-state index contributed by atoms with van der Waals surface area (Å²) in [4.78, 5) is 11.5. The number of pyridine rings is 1. The molecule has 12 heavy (non-hydrogen) atoms. The van der Waals surface area contributed by atoms with E-state index in [1.165, 1.54) is 0 Å². The second kappa shape index (κ2) is 3.01. The number of anilines is 1. The van der Waals surface area contributed by atoms with E-state index >= 15 is 0 Å². The van der Waals surface area contributed by atoms with Crippen molar-refractivity contribution in [1.82, 2.24) is 4.57 Å². The van der Waals surface area contributed by atoms with Crippen molar-refractivity contribution < 1.29 is 0 Å². The van der Waals surface area contributed by atoms with Gasteiger partial charge in [0, 0.05) is 11.7 Å².